The number of fused-ring (bicyclic) bond motifs is 1. The van der Waals surface area contributed by atoms with Crippen LogP contribution in [-0.4, -0.2) is 17.6 Å². The van der Waals surface area contributed by atoms with E-state index in [1.165, 1.54) is 5.56 Å². The monoisotopic (exact) mass is 268 g/mol. The van der Waals surface area contributed by atoms with Gasteiger partial charge in [0.1, 0.15) is 0 Å². The smallest absolute Gasteiger partial charge is 0.335 e. The lowest BCUT2D eigenvalue weighted by Crippen LogP contribution is -2.19. The number of carboxylic acids is 1. The molecular weight excluding hydrogens is 252 g/mol. The molecule has 3 rings (SSSR count). The zero-order valence-corrected chi connectivity index (χ0v) is 11.0. The van der Waals surface area contributed by atoms with Crippen LogP contribution in [0.1, 0.15) is 21.5 Å². The number of anilines is 2. The largest absolute Gasteiger partial charge is 0.478 e. The van der Waals surface area contributed by atoms with Crippen molar-refractivity contribution in [2.24, 2.45) is 0 Å². The molecule has 1 heterocycles. The first-order valence-corrected chi connectivity index (χ1v) is 6.59. The fourth-order valence-corrected chi connectivity index (χ4v) is 2.68. The lowest BCUT2D eigenvalue weighted by atomic mass is 10.1. The molecule has 0 atom stereocenters. The summed E-state index contributed by atoms with van der Waals surface area (Å²) < 4.78 is 0. The van der Waals surface area contributed by atoms with Crippen LogP contribution in [0.25, 0.3) is 0 Å². The number of rotatable bonds is 3. The molecule has 0 saturated carbocycles. The molecule has 0 spiro atoms. The predicted molar refractivity (Wildman–Crippen MR) is 79.0 cm³/mol. The van der Waals surface area contributed by atoms with Crippen molar-refractivity contribution in [3.63, 3.8) is 0 Å². The van der Waals surface area contributed by atoms with Crippen molar-refractivity contribution in [2.75, 3.05) is 17.2 Å². The normalized spacial score (nSPS) is 13.3. The van der Waals surface area contributed by atoms with Crippen LogP contribution in [-0.2, 0) is 13.0 Å². The third-order valence-electron chi connectivity index (χ3n) is 3.64. The highest BCUT2D eigenvalue weighted by atomic mass is 16.4. The number of carbonyl (C=O) groups is 1. The molecule has 1 aliphatic rings. The van der Waals surface area contributed by atoms with Gasteiger partial charge in [-0.2, -0.15) is 0 Å². The molecule has 0 radical (unpaired) electrons. The standard InChI is InChI=1S/C16H16N2O2/c17-14-3-1-2-11(8-14)10-18-7-6-12-9-13(16(19)20)4-5-15(12)18/h1-5,8-9H,6-7,10,17H2,(H,19,20). The zero-order valence-electron chi connectivity index (χ0n) is 11.0. The van der Waals surface area contributed by atoms with Crippen LogP contribution in [0.15, 0.2) is 42.5 Å². The maximum Gasteiger partial charge on any atom is 0.335 e. The van der Waals surface area contributed by atoms with Gasteiger partial charge in [0.25, 0.3) is 0 Å². The van der Waals surface area contributed by atoms with Gasteiger partial charge in [0.15, 0.2) is 0 Å². The van der Waals surface area contributed by atoms with E-state index in [9.17, 15) is 4.79 Å². The Bertz CT molecular complexity index is 667. The minimum Gasteiger partial charge on any atom is -0.478 e. The molecule has 2 aromatic carbocycles. The fourth-order valence-electron chi connectivity index (χ4n) is 2.68. The van der Waals surface area contributed by atoms with Crippen LogP contribution in [0.2, 0.25) is 0 Å². The molecular formula is C16H16N2O2. The van der Waals surface area contributed by atoms with Crippen molar-refractivity contribution in [1.29, 1.82) is 0 Å². The van der Waals surface area contributed by atoms with E-state index in [1.54, 1.807) is 12.1 Å². The van der Waals surface area contributed by atoms with Crippen LogP contribution in [0, 0.1) is 0 Å². The highest BCUT2D eigenvalue weighted by molar-refractivity contribution is 5.88. The van der Waals surface area contributed by atoms with E-state index in [2.05, 4.69) is 11.0 Å². The number of hydrogen-bond donors (Lipinski definition) is 2. The first-order chi connectivity index (χ1) is 9.63. The number of hydrogen-bond acceptors (Lipinski definition) is 3. The Morgan fingerprint density at radius 3 is 2.85 bits per heavy atom. The van der Waals surface area contributed by atoms with Crippen molar-refractivity contribution < 1.29 is 9.90 Å². The molecule has 2 aromatic rings. The van der Waals surface area contributed by atoms with E-state index >= 15 is 0 Å². The minimum atomic E-state index is -0.873. The lowest BCUT2D eigenvalue weighted by Gasteiger charge is -2.19. The van der Waals surface area contributed by atoms with E-state index in [-0.39, 0.29) is 0 Å². The third-order valence-corrected chi connectivity index (χ3v) is 3.64. The first-order valence-electron chi connectivity index (χ1n) is 6.59. The Balaban J connectivity index is 1.84. The maximum absolute atomic E-state index is 11.0. The summed E-state index contributed by atoms with van der Waals surface area (Å²) in [6, 6.07) is 13.2. The number of nitrogen functional groups attached to an aromatic ring is 1. The van der Waals surface area contributed by atoms with Crippen LogP contribution in [0.4, 0.5) is 11.4 Å². The Hall–Kier alpha value is -2.49. The molecule has 102 valence electrons. The molecule has 0 fully saturated rings. The van der Waals surface area contributed by atoms with Crippen molar-refractivity contribution in [3.05, 3.63) is 59.2 Å². The molecule has 0 bridgehead atoms. The second kappa shape index (κ2) is 4.89. The van der Waals surface area contributed by atoms with E-state index in [0.29, 0.717) is 5.56 Å². The molecule has 0 amide bonds. The van der Waals surface area contributed by atoms with E-state index in [4.69, 9.17) is 10.8 Å². The Morgan fingerprint density at radius 2 is 2.10 bits per heavy atom. The van der Waals surface area contributed by atoms with E-state index < -0.39 is 5.97 Å². The van der Waals surface area contributed by atoms with Gasteiger partial charge in [0.2, 0.25) is 0 Å². The second-order valence-corrected chi connectivity index (χ2v) is 5.07. The summed E-state index contributed by atoms with van der Waals surface area (Å²) >= 11 is 0. The van der Waals surface area contributed by atoms with Gasteiger partial charge < -0.3 is 15.7 Å². The third kappa shape index (κ3) is 2.32. The molecule has 0 aromatic heterocycles. The average molecular weight is 268 g/mol. The summed E-state index contributed by atoms with van der Waals surface area (Å²) in [7, 11) is 0. The Labute approximate surface area is 117 Å². The van der Waals surface area contributed by atoms with Crippen LogP contribution in [0.5, 0.6) is 0 Å². The molecule has 3 N–H and O–H groups in total. The molecule has 20 heavy (non-hydrogen) atoms. The number of carboxylic acid groups (broad SMARTS) is 1. The van der Waals surface area contributed by atoms with Crippen LogP contribution >= 0.6 is 0 Å². The van der Waals surface area contributed by atoms with Gasteiger partial charge in [-0.05, 0) is 47.9 Å². The van der Waals surface area contributed by atoms with Gasteiger partial charge in [-0.1, -0.05) is 12.1 Å². The van der Waals surface area contributed by atoms with Gasteiger partial charge in [-0.15, -0.1) is 0 Å². The summed E-state index contributed by atoms with van der Waals surface area (Å²) in [6.45, 7) is 1.71. The molecule has 4 heteroatoms. The second-order valence-electron chi connectivity index (χ2n) is 5.07. The summed E-state index contributed by atoms with van der Waals surface area (Å²) in [5, 5.41) is 9.02. The first kappa shape index (κ1) is 12.5. The number of aromatic carboxylic acids is 1. The number of nitrogens with two attached hydrogens (primary N) is 1. The van der Waals surface area contributed by atoms with Gasteiger partial charge in [0.05, 0.1) is 5.56 Å². The quantitative estimate of drug-likeness (QED) is 0.839. The molecule has 1 aliphatic heterocycles. The summed E-state index contributed by atoms with van der Waals surface area (Å²) in [5.74, 6) is -0.873. The molecule has 4 nitrogen and oxygen atoms in total. The van der Waals surface area contributed by atoms with Gasteiger partial charge in [-0.25, -0.2) is 4.79 Å². The number of benzene rings is 2. The maximum atomic E-state index is 11.0. The fraction of sp³-hybridized carbons (Fsp3) is 0.188. The summed E-state index contributed by atoms with van der Waals surface area (Å²) in [6.07, 6.45) is 0.888. The lowest BCUT2D eigenvalue weighted by molar-refractivity contribution is 0.0697. The Morgan fingerprint density at radius 1 is 1.25 bits per heavy atom. The summed E-state index contributed by atoms with van der Waals surface area (Å²) in [5.41, 5.74) is 10.3. The van der Waals surface area contributed by atoms with Crippen LogP contribution < -0.4 is 10.6 Å². The Kier molecular flexibility index (Phi) is 3.06. The van der Waals surface area contributed by atoms with E-state index in [1.807, 2.05) is 24.3 Å². The highest BCUT2D eigenvalue weighted by Crippen LogP contribution is 2.30. The van der Waals surface area contributed by atoms with Crippen molar-refractivity contribution in [3.8, 4) is 0 Å². The zero-order chi connectivity index (χ0) is 14.1. The van der Waals surface area contributed by atoms with Crippen molar-refractivity contribution in [1.82, 2.24) is 0 Å². The summed E-state index contributed by atoms with van der Waals surface area (Å²) in [4.78, 5) is 13.2. The van der Waals surface area contributed by atoms with Crippen molar-refractivity contribution in [2.45, 2.75) is 13.0 Å². The molecule has 0 aliphatic carbocycles. The SMILES string of the molecule is Nc1cccc(CN2CCc3cc(C(=O)O)ccc32)c1. The van der Waals surface area contributed by atoms with Gasteiger partial charge in [0, 0.05) is 24.5 Å². The molecule has 0 saturated heterocycles. The predicted octanol–water partition coefficient (Wildman–Crippen LogP) is 2.53. The van der Waals surface area contributed by atoms with Gasteiger partial charge >= 0.3 is 5.97 Å². The minimum absolute atomic E-state index is 0.356. The van der Waals surface area contributed by atoms with Crippen molar-refractivity contribution >= 4 is 17.3 Å². The van der Waals surface area contributed by atoms with Gasteiger partial charge in [-0.3, -0.25) is 0 Å². The van der Waals surface area contributed by atoms with Crippen LogP contribution in [0.3, 0.4) is 0 Å². The highest BCUT2D eigenvalue weighted by Gasteiger charge is 2.20. The van der Waals surface area contributed by atoms with E-state index in [0.717, 1.165) is 36.4 Å². The topological polar surface area (TPSA) is 66.6 Å². The average Bonchev–Trinajstić information content (AvgIpc) is 2.81. The molecule has 0 unspecified atom stereocenters. The number of nitrogens with zero attached hydrogens (tertiary/aromatic N) is 1.